The normalized spacial score (nSPS) is 12.2. The molecular weight excluding hydrogens is 918 g/mol. The van der Waals surface area contributed by atoms with Crippen molar-refractivity contribution in [2.75, 3.05) is 83.6 Å². The summed E-state index contributed by atoms with van der Waals surface area (Å²) >= 11 is 3.03. The smallest absolute Gasteiger partial charge is 0.326 e. The molecule has 0 radical (unpaired) electrons. The van der Waals surface area contributed by atoms with E-state index in [0.29, 0.717) is 32.2 Å². The van der Waals surface area contributed by atoms with E-state index in [1.807, 2.05) is 0 Å². The first-order chi connectivity index (χ1) is 30.1. The molecule has 0 spiro atoms. The minimum atomic E-state index is -3.86. The Morgan fingerprint density at radius 1 is 0.460 bits per heavy atom. The molecular formula is C40H72BrN5O16S. The van der Waals surface area contributed by atoms with Crippen LogP contribution < -0.4 is 26.6 Å². The SMILES string of the molecule is O=C(CBr)NCCCC[C@H](NC(=O)COCCOCCNC(=O)COCCOCCNC(=O)CC[C@H](NC(=O)CCCCCCCCCCCCCCS(=O)(=O)O)C(=O)O)C(=O)O. The quantitative estimate of drug-likeness (QED) is 0.0245. The summed E-state index contributed by atoms with van der Waals surface area (Å²) in [6, 6.07) is -2.24. The van der Waals surface area contributed by atoms with E-state index in [-0.39, 0.29) is 126 Å². The van der Waals surface area contributed by atoms with Crippen LogP contribution in [0.5, 0.6) is 0 Å². The van der Waals surface area contributed by atoms with Gasteiger partial charge in [0, 0.05) is 32.5 Å². The van der Waals surface area contributed by atoms with Crippen LogP contribution in [-0.2, 0) is 62.6 Å². The average Bonchev–Trinajstić information content (AvgIpc) is 3.22. The Hall–Kier alpha value is -3.48. The van der Waals surface area contributed by atoms with Crippen LogP contribution in [0.25, 0.3) is 0 Å². The van der Waals surface area contributed by atoms with Crippen molar-refractivity contribution in [1.82, 2.24) is 26.6 Å². The first kappa shape index (κ1) is 59.5. The number of aliphatic carboxylic acids is 2. The number of rotatable bonds is 44. The van der Waals surface area contributed by atoms with Crippen LogP contribution in [-0.4, -0.2) is 160 Å². The van der Waals surface area contributed by atoms with Gasteiger partial charge in [-0.05, 0) is 38.5 Å². The van der Waals surface area contributed by atoms with Gasteiger partial charge in [0.25, 0.3) is 10.1 Å². The van der Waals surface area contributed by atoms with Crippen LogP contribution in [0.15, 0.2) is 0 Å². The molecule has 0 fully saturated rings. The van der Waals surface area contributed by atoms with Gasteiger partial charge >= 0.3 is 11.9 Å². The number of carboxylic acids is 2. The highest BCUT2D eigenvalue weighted by atomic mass is 79.9. The highest BCUT2D eigenvalue weighted by molar-refractivity contribution is 9.09. The highest BCUT2D eigenvalue weighted by Gasteiger charge is 2.21. The van der Waals surface area contributed by atoms with Crippen molar-refractivity contribution >= 4 is 67.5 Å². The number of amides is 5. The number of carbonyl (C=O) groups is 7. The summed E-state index contributed by atoms with van der Waals surface area (Å²) < 4.78 is 51.3. The third-order valence-electron chi connectivity index (χ3n) is 9.19. The predicted octanol–water partition coefficient (Wildman–Crippen LogP) is 1.84. The van der Waals surface area contributed by atoms with E-state index in [1.54, 1.807) is 0 Å². The first-order valence-electron chi connectivity index (χ1n) is 21.8. The number of nitrogens with one attached hydrogen (secondary N) is 5. The van der Waals surface area contributed by atoms with E-state index in [1.165, 1.54) is 0 Å². The average molecular weight is 991 g/mol. The molecule has 21 nitrogen and oxygen atoms in total. The molecule has 5 amide bonds. The summed E-state index contributed by atoms with van der Waals surface area (Å²) in [5.41, 5.74) is 0. The molecule has 23 heteroatoms. The van der Waals surface area contributed by atoms with Crippen molar-refractivity contribution in [2.45, 2.75) is 128 Å². The maximum Gasteiger partial charge on any atom is 0.326 e. The fraction of sp³-hybridized carbons (Fsp3) is 0.825. The summed E-state index contributed by atoms with van der Waals surface area (Å²) in [6.07, 6.45) is 12.6. The molecule has 0 aliphatic heterocycles. The molecule has 0 unspecified atom stereocenters. The van der Waals surface area contributed by atoms with Crippen LogP contribution in [0, 0.1) is 0 Å². The number of hydrogen-bond acceptors (Lipinski definition) is 13. The van der Waals surface area contributed by atoms with E-state index in [2.05, 4.69) is 42.5 Å². The number of carboxylic acid groups (broad SMARTS) is 2. The van der Waals surface area contributed by atoms with Gasteiger partial charge in [0.1, 0.15) is 25.3 Å². The summed E-state index contributed by atoms with van der Waals surface area (Å²) in [4.78, 5) is 82.7. The summed E-state index contributed by atoms with van der Waals surface area (Å²) in [7, 11) is -3.86. The lowest BCUT2D eigenvalue weighted by Crippen LogP contribution is -2.42. The Bertz CT molecular complexity index is 1410. The van der Waals surface area contributed by atoms with Crippen molar-refractivity contribution < 1.29 is 75.7 Å². The molecule has 0 heterocycles. The minimum Gasteiger partial charge on any atom is -0.480 e. The maximum absolute atomic E-state index is 12.3. The Balaban J connectivity index is 3.76. The molecule has 0 aliphatic carbocycles. The molecule has 0 aromatic carbocycles. The monoisotopic (exact) mass is 989 g/mol. The second-order valence-electron chi connectivity index (χ2n) is 14.7. The summed E-state index contributed by atoms with van der Waals surface area (Å²) in [5.74, 6) is -4.41. The van der Waals surface area contributed by atoms with Crippen molar-refractivity contribution in [3.05, 3.63) is 0 Å². The molecule has 0 aromatic heterocycles. The van der Waals surface area contributed by atoms with Gasteiger partial charge in [-0.25, -0.2) is 9.59 Å². The van der Waals surface area contributed by atoms with Crippen molar-refractivity contribution in [2.24, 2.45) is 0 Å². The second-order valence-corrected chi connectivity index (χ2v) is 16.9. The van der Waals surface area contributed by atoms with E-state index in [9.17, 15) is 52.2 Å². The largest absolute Gasteiger partial charge is 0.480 e. The van der Waals surface area contributed by atoms with Gasteiger partial charge in [0.2, 0.25) is 29.5 Å². The van der Waals surface area contributed by atoms with Gasteiger partial charge in [0.15, 0.2) is 0 Å². The lowest BCUT2D eigenvalue weighted by Gasteiger charge is -2.14. The van der Waals surface area contributed by atoms with Gasteiger partial charge in [0.05, 0.1) is 50.7 Å². The fourth-order valence-electron chi connectivity index (χ4n) is 5.81. The number of ether oxygens (including phenoxy) is 4. The van der Waals surface area contributed by atoms with E-state index in [4.69, 9.17) is 23.5 Å². The van der Waals surface area contributed by atoms with Gasteiger partial charge in [-0.15, -0.1) is 0 Å². The highest BCUT2D eigenvalue weighted by Crippen LogP contribution is 2.13. The summed E-state index contributed by atoms with van der Waals surface area (Å²) in [6.45, 7) is 1.10. The molecule has 0 aromatic rings. The lowest BCUT2D eigenvalue weighted by atomic mass is 10.0. The van der Waals surface area contributed by atoms with Crippen molar-refractivity contribution in [1.29, 1.82) is 0 Å². The molecule has 0 saturated carbocycles. The van der Waals surface area contributed by atoms with Gasteiger partial charge in [-0.1, -0.05) is 80.1 Å². The van der Waals surface area contributed by atoms with E-state index >= 15 is 0 Å². The number of alkyl halides is 1. The summed E-state index contributed by atoms with van der Waals surface area (Å²) in [5, 5.41) is 31.8. The Morgan fingerprint density at radius 3 is 1.43 bits per heavy atom. The van der Waals surface area contributed by atoms with E-state index in [0.717, 1.165) is 64.2 Å². The molecule has 2 atom stereocenters. The number of halogens is 1. The standard InChI is InChI=1S/C40H72BrN5O16S/c41-29-36(49)42-19-13-12-15-32(39(52)53)46-38(51)31-62-27-25-60-23-21-44-37(50)30-61-26-24-59-22-20-43-34(47)18-17-33(40(54)55)45-35(48)16-11-9-7-5-3-1-2-4-6-8-10-14-28-63(56,57)58/h32-33H,1-31H2,(H,42,49)(H,43,47)(H,44,50)(H,45,48)(H,46,51)(H,52,53)(H,54,55)(H,56,57,58)/t32-,33-/m0/s1. The number of hydrogen-bond donors (Lipinski definition) is 8. The Morgan fingerprint density at radius 2 is 0.905 bits per heavy atom. The van der Waals surface area contributed by atoms with Crippen LogP contribution in [0.1, 0.15) is 116 Å². The van der Waals surface area contributed by atoms with Gasteiger partial charge < -0.3 is 55.7 Å². The van der Waals surface area contributed by atoms with Crippen molar-refractivity contribution in [3.8, 4) is 0 Å². The predicted molar refractivity (Wildman–Crippen MR) is 235 cm³/mol. The second kappa shape index (κ2) is 40.1. The first-order valence-corrected chi connectivity index (χ1v) is 24.5. The van der Waals surface area contributed by atoms with Crippen LogP contribution in [0.2, 0.25) is 0 Å². The maximum atomic E-state index is 12.3. The minimum absolute atomic E-state index is 0.0577. The third-order valence-corrected chi connectivity index (χ3v) is 10.5. The molecule has 366 valence electrons. The zero-order valence-corrected chi connectivity index (χ0v) is 38.9. The molecule has 8 N–H and O–H groups in total. The third kappa shape index (κ3) is 41.0. The molecule has 0 rings (SSSR count). The molecule has 0 bridgehead atoms. The molecule has 0 aliphatic rings. The van der Waals surface area contributed by atoms with Crippen molar-refractivity contribution in [3.63, 3.8) is 0 Å². The number of carbonyl (C=O) groups excluding carboxylic acids is 5. The van der Waals surface area contributed by atoms with Crippen LogP contribution >= 0.6 is 15.9 Å². The van der Waals surface area contributed by atoms with Gasteiger partial charge in [-0.2, -0.15) is 8.42 Å². The zero-order chi connectivity index (χ0) is 47.0. The van der Waals surface area contributed by atoms with Crippen LogP contribution in [0.3, 0.4) is 0 Å². The Kier molecular flexibility index (Phi) is 37.8. The molecule has 63 heavy (non-hydrogen) atoms. The zero-order valence-electron chi connectivity index (χ0n) is 36.5. The number of unbranched alkanes of at least 4 members (excludes halogenated alkanes) is 12. The topological polar surface area (TPSA) is 311 Å². The van der Waals surface area contributed by atoms with Crippen LogP contribution in [0.4, 0.5) is 0 Å². The van der Waals surface area contributed by atoms with E-state index < -0.39 is 40.0 Å². The molecule has 0 saturated heterocycles. The van der Waals surface area contributed by atoms with Gasteiger partial charge in [-0.3, -0.25) is 28.5 Å². The lowest BCUT2D eigenvalue weighted by molar-refractivity contribution is -0.143. The fourth-order valence-corrected chi connectivity index (χ4v) is 6.58. The Labute approximate surface area is 379 Å².